The number of nitrogens with zero attached hydrogens (tertiary/aromatic N) is 8. The Morgan fingerprint density at radius 1 is 1.03 bits per heavy atom. The molecule has 0 spiro atoms. The van der Waals surface area contributed by atoms with Gasteiger partial charge in [-0.25, -0.2) is 4.98 Å². The largest absolute Gasteiger partial charge is 0.325 e. The third-order valence-corrected chi connectivity index (χ3v) is 6.65. The summed E-state index contributed by atoms with van der Waals surface area (Å²) in [5.41, 5.74) is 3.36. The quantitative estimate of drug-likeness (QED) is 0.389. The minimum absolute atomic E-state index is 0.00575. The van der Waals surface area contributed by atoms with Crippen molar-refractivity contribution in [2.45, 2.75) is 18.8 Å². The van der Waals surface area contributed by atoms with E-state index < -0.39 is 0 Å². The molecule has 0 aromatic carbocycles. The predicted octanol–water partition coefficient (Wildman–Crippen LogP) is 4.01. The lowest BCUT2D eigenvalue weighted by Crippen LogP contribution is -2.27. The van der Waals surface area contributed by atoms with Crippen LogP contribution in [0.5, 0.6) is 0 Å². The van der Waals surface area contributed by atoms with Gasteiger partial charge in [0.2, 0.25) is 5.91 Å². The van der Waals surface area contributed by atoms with Crippen LogP contribution in [0.3, 0.4) is 0 Å². The number of halogens is 1. The number of rotatable bonds is 5. The van der Waals surface area contributed by atoms with Crippen LogP contribution in [0, 0.1) is 0 Å². The third-order valence-electron chi connectivity index (χ3n) is 6.43. The van der Waals surface area contributed by atoms with E-state index in [2.05, 4.69) is 30.6 Å². The first kappa shape index (κ1) is 22.2. The summed E-state index contributed by atoms with van der Waals surface area (Å²) >= 11 is 5.99. The molecule has 0 radical (unpaired) electrons. The van der Waals surface area contributed by atoms with Gasteiger partial charge in [-0.05, 0) is 47.5 Å². The summed E-state index contributed by atoms with van der Waals surface area (Å²) < 4.78 is 3.70. The number of nitrogens with one attached hydrogen (secondary N) is 1. The van der Waals surface area contributed by atoms with Crippen LogP contribution in [0.4, 0.5) is 17.5 Å². The molecule has 0 fully saturated rings. The maximum atomic E-state index is 13.2. The number of hydrogen-bond acceptors (Lipinski definition) is 7. The van der Waals surface area contributed by atoms with E-state index in [0.717, 1.165) is 34.3 Å². The van der Waals surface area contributed by atoms with Gasteiger partial charge in [0.1, 0.15) is 23.3 Å². The van der Waals surface area contributed by atoms with Crippen LogP contribution in [0.25, 0.3) is 16.8 Å². The van der Waals surface area contributed by atoms with Crippen LogP contribution in [-0.2, 0) is 18.3 Å². The fourth-order valence-electron chi connectivity index (χ4n) is 4.52. The fraction of sp³-hybridized carbons (Fsp3) is 0.200. The van der Waals surface area contributed by atoms with E-state index in [1.54, 1.807) is 41.3 Å². The summed E-state index contributed by atoms with van der Waals surface area (Å²) in [5.74, 6) is 2.82. The number of aryl methyl sites for hydroxylation is 1. The van der Waals surface area contributed by atoms with Crippen LogP contribution < -0.4 is 10.2 Å². The van der Waals surface area contributed by atoms with Crippen LogP contribution in [-0.4, -0.2) is 47.3 Å². The number of carbonyl (C=O) groups is 1. The molecule has 1 aliphatic heterocycles. The van der Waals surface area contributed by atoms with Gasteiger partial charge in [-0.15, -0.1) is 10.2 Å². The highest BCUT2D eigenvalue weighted by Crippen LogP contribution is 2.35. The zero-order valence-corrected chi connectivity index (χ0v) is 20.4. The van der Waals surface area contributed by atoms with E-state index in [4.69, 9.17) is 11.6 Å². The van der Waals surface area contributed by atoms with E-state index in [1.165, 1.54) is 0 Å². The second-order valence-corrected chi connectivity index (χ2v) is 9.21. The Morgan fingerprint density at radius 3 is 2.69 bits per heavy atom. The Morgan fingerprint density at radius 2 is 1.92 bits per heavy atom. The van der Waals surface area contributed by atoms with Crippen LogP contribution in [0.2, 0.25) is 5.02 Å². The van der Waals surface area contributed by atoms with Gasteiger partial charge in [-0.2, -0.15) is 5.10 Å². The summed E-state index contributed by atoms with van der Waals surface area (Å²) in [7, 11) is 3.65. The molecular formula is C25H22ClN9O. The molecule has 5 aromatic heterocycles. The van der Waals surface area contributed by atoms with E-state index in [0.29, 0.717) is 29.3 Å². The number of aromatic nitrogens is 7. The Bertz CT molecular complexity index is 1590. The first-order valence-corrected chi connectivity index (χ1v) is 11.8. The van der Waals surface area contributed by atoms with E-state index >= 15 is 0 Å². The molecular weight excluding hydrogens is 478 g/mol. The summed E-state index contributed by atoms with van der Waals surface area (Å²) in [5, 5.41) is 17.0. The summed E-state index contributed by atoms with van der Waals surface area (Å²) in [6.45, 7) is 0. The van der Waals surface area contributed by atoms with Crippen molar-refractivity contribution in [3.63, 3.8) is 0 Å². The van der Waals surface area contributed by atoms with Crippen molar-refractivity contribution >= 4 is 40.6 Å². The highest BCUT2D eigenvalue weighted by molar-refractivity contribution is 6.30. The third kappa shape index (κ3) is 3.95. The SMILES string of the molecule is CN1C(=O)C[C@@H](Cc2ccc(Cl)cn2)c2nnc3cc(-c4ccnc(Nc5ccnn5C)c4)cc1n23. The Kier molecular flexibility index (Phi) is 5.37. The standard InChI is InChI=1S/C25H22ClN9O/c1-33-23-12-16(15-5-7-27-20(10-15)30-21-6-8-29-34(21)2)11-22-31-32-25(35(22)23)17(13-24(33)36)9-19-4-3-18(26)14-28-19/h3-8,10-12,14,17H,9,13H2,1-2H3,(H,27,30)/t17-/m1/s1. The molecule has 1 aliphatic rings. The van der Waals surface area contributed by atoms with Crippen LogP contribution >= 0.6 is 11.6 Å². The molecule has 5 aromatic rings. The number of anilines is 3. The van der Waals surface area contributed by atoms with Gasteiger partial charge in [0.25, 0.3) is 0 Å². The van der Waals surface area contributed by atoms with E-state index in [-0.39, 0.29) is 11.8 Å². The molecule has 6 rings (SSSR count). The second-order valence-electron chi connectivity index (χ2n) is 8.77. The zero-order valence-electron chi connectivity index (χ0n) is 19.6. The first-order chi connectivity index (χ1) is 17.5. The molecule has 36 heavy (non-hydrogen) atoms. The van der Waals surface area contributed by atoms with Crippen molar-refractivity contribution in [2.75, 3.05) is 17.3 Å². The lowest BCUT2D eigenvalue weighted by Gasteiger charge is -2.18. The zero-order chi connectivity index (χ0) is 24.8. The average Bonchev–Trinajstić information content (AvgIpc) is 3.47. The Balaban J connectivity index is 1.40. The second kappa shape index (κ2) is 8.72. The molecule has 0 saturated carbocycles. The van der Waals surface area contributed by atoms with Crippen molar-refractivity contribution < 1.29 is 4.79 Å². The maximum Gasteiger partial charge on any atom is 0.228 e. The molecule has 0 saturated heterocycles. The normalized spacial score (nSPS) is 15.4. The highest BCUT2D eigenvalue weighted by atomic mass is 35.5. The van der Waals surface area contributed by atoms with Crippen molar-refractivity contribution in [3.05, 3.63) is 77.6 Å². The van der Waals surface area contributed by atoms with Crippen molar-refractivity contribution in [1.29, 1.82) is 0 Å². The van der Waals surface area contributed by atoms with Crippen LogP contribution in [0.1, 0.15) is 23.9 Å². The lowest BCUT2D eigenvalue weighted by atomic mass is 9.98. The Labute approximate surface area is 211 Å². The maximum absolute atomic E-state index is 13.2. The van der Waals surface area contributed by atoms with Gasteiger partial charge < -0.3 is 10.2 Å². The lowest BCUT2D eigenvalue weighted by molar-refractivity contribution is -0.118. The number of amides is 1. The minimum Gasteiger partial charge on any atom is -0.325 e. The molecule has 11 heteroatoms. The van der Waals surface area contributed by atoms with Gasteiger partial charge in [-0.3, -0.25) is 18.9 Å². The number of carbonyl (C=O) groups excluding carboxylic acids is 1. The van der Waals surface area contributed by atoms with Gasteiger partial charge >= 0.3 is 0 Å². The van der Waals surface area contributed by atoms with E-state index in [9.17, 15) is 4.79 Å². The smallest absolute Gasteiger partial charge is 0.228 e. The molecule has 1 N–H and O–H groups in total. The molecule has 0 unspecified atom stereocenters. The molecule has 1 amide bonds. The van der Waals surface area contributed by atoms with Crippen molar-refractivity contribution in [2.24, 2.45) is 7.05 Å². The van der Waals surface area contributed by atoms with Gasteiger partial charge in [0.15, 0.2) is 5.65 Å². The van der Waals surface area contributed by atoms with Crippen molar-refractivity contribution in [3.8, 4) is 11.1 Å². The molecule has 1 atom stereocenters. The Hall–Kier alpha value is -4.31. The van der Waals surface area contributed by atoms with Crippen molar-refractivity contribution in [1.82, 2.24) is 34.3 Å². The van der Waals surface area contributed by atoms with Gasteiger partial charge in [0, 0.05) is 57.0 Å². The topological polar surface area (TPSA) is 106 Å². The number of pyridine rings is 3. The molecule has 10 nitrogen and oxygen atoms in total. The minimum atomic E-state index is -0.161. The predicted molar refractivity (Wildman–Crippen MR) is 136 cm³/mol. The van der Waals surface area contributed by atoms with Gasteiger partial charge in [0.05, 0.1) is 11.2 Å². The number of hydrogen-bond donors (Lipinski definition) is 1. The monoisotopic (exact) mass is 499 g/mol. The highest BCUT2D eigenvalue weighted by Gasteiger charge is 2.31. The summed E-state index contributed by atoms with van der Waals surface area (Å²) in [4.78, 5) is 23.7. The first-order valence-electron chi connectivity index (χ1n) is 11.4. The molecule has 180 valence electrons. The summed E-state index contributed by atoms with van der Waals surface area (Å²) in [6.07, 6.45) is 5.95. The average molecular weight is 500 g/mol. The molecule has 0 bridgehead atoms. The molecule has 0 aliphatic carbocycles. The summed E-state index contributed by atoms with van der Waals surface area (Å²) in [6, 6.07) is 13.4. The fourth-order valence-corrected chi connectivity index (χ4v) is 4.63. The molecule has 6 heterocycles. The van der Waals surface area contributed by atoms with Crippen LogP contribution in [0.15, 0.2) is 61.1 Å². The van der Waals surface area contributed by atoms with E-state index in [1.807, 2.05) is 47.8 Å². The van der Waals surface area contributed by atoms with Gasteiger partial charge in [-0.1, -0.05) is 11.6 Å².